The van der Waals surface area contributed by atoms with Crippen molar-refractivity contribution in [3.05, 3.63) is 57.3 Å². The largest absolute Gasteiger partial charge is 0.393 e. The molecule has 108 valence electrons. The Morgan fingerprint density at radius 3 is 2.62 bits per heavy atom. The molecule has 0 bridgehead atoms. The first-order valence-corrected chi connectivity index (χ1v) is 8.38. The van der Waals surface area contributed by atoms with Crippen LogP contribution in [0.2, 0.25) is 0 Å². The molecule has 3 rings (SSSR count). The molecule has 1 saturated carbocycles. The minimum Gasteiger partial charge on any atom is -0.393 e. The monoisotopic (exact) mass is 297 g/mol. The highest BCUT2D eigenvalue weighted by atomic mass is 32.1. The van der Waals surface area contributed by atoms with Crippen LogP contribution in [0.25, 0.3) is 0 Å². The van der Waals surface area contributed by atoms with E-state index in [1.807, 2.05) is 12.1 Å². The number of hydrogen-bond acceptors (Lipinski definition) is 3. The fourth-order valence-electron chi connectivity index (χ4n) is 3.26. The van der Waals surface area contributed by atoms with E-state index >= 15 is 0 Å². The van der Waals surface area contributed by atoms with Crippen molar-refractivity contribution < 1.29 is 5.11 Å². The van der Waals surface area contributed by atoms with E-state index in [9.17, 15) is 10.4 Å². The Bertz CT molecular complexity index is 634. The Labute approximate surface area is 129 Å². The highest BCUT2D eigenvalue weighted by Gasteiger charge is 2.23. The standard InChI is InChI=1S/C18H19NOS/c19-12-14-3-1-5-17(13-6-8-15(20)9-7-13)18(14)11-16-4-2-10-21-16/h1-5,10,13,15,20H,6-9,11H2. The second-order valence-electron chi connectivity index (χ2n) is 5.75. The molecule has 2 aromatic rings. The van der Waals surface area contributed by atoms with Gasteiger partial charge in [-0.1, -0.05) is 18.2 Å². The number of thiophene rings is 1. The molecule has 1 aliphatic rings. The Balaban J connectivity index is 1.94. The molecular weight excluding hydrogens is 278 g/mol. The van der Waals surface area contributed by atoms with E-state index in [0.29, 0.717) is 5.92 Å². The van der Waals surface area contributed by atoms with Crippen molar-refractivity contribution in [2.45, 2.75) is 44.1 Å². The van der Waals surface area contributed by atoms with Crippen LogP contribution in [-0.4, -0.2) is 11.2 Å². The lowest BCUT2D eigenvalue weighted by Gasteiger charge is -2.27. The van der Waals surface area contributed by atoms with E-state index in [1.54, 1.807) is 11.3 Å². The summed E-state index contributed by atoms with van der Waals surface area (Å²) in [6, 6.07) is 12.6. The zero-order chi connectivity index (χ0) is 14.7. The number of nitrogens with zero attached hydrogens (tertiary/aromatic N) is 1. The minimum absolute atomic E-state index is 0.138. The van der Waals surface area contributed by atoms with Gasteiger partial charge in [0.25, 0.3) is 0 Å². The van der Waals surface area contributed by atoms with Gasteiger partial charge < -0.3 is 5.11 Å². The topological polar surface area (TPSA) is 44.0 Å². The zero-order valence-corrected chi connectivity index (χ0v) is 12.8. The summed E-state index contributed by atoms with van der Waals surface area (Å²) < 4.78 is 0. The maximum atomic E-state index is 9.70. The van der Waals surface area contributed by atoms with Crippen LogP contribution in [0, 0.1) is 11.3 Å². The fraction of sp³-hybridized carbons (Fsp3) is 0.389. The molecule has 0 amide bonds. The van der Waals surface area contributed by atoms with E-state index in [0.717, 1.165) is 37.7 Å². The summed E-state index contributed by atoms with van der Waals surface area (Å²) >= 11 is 1.74. The number of aliphatic hydroxyl groups is 1. The molecule has 21 heavy (non-hydrogen) atoms. The number of benzene rings is 1. The van der Waals surface area contributed by atoms with Crippen molar-refractivity contribution in [2.75, 3.05) is 0 Å². The summed E-state index contributed by atoms with van der Waals surface area (Å²) in [5, 5.41) is 21.2. The van der Waals surface area contributed by atoms with Crippen molar-refractivity contribution in [3.8, 4) is 6.07 Å². The first-order valence-electron chi connectivity index (χ1n) is 7.50. The summed E-state index contributed by atoms with van der Waals surface area (Å²) in [6.45, 7) is 0. The number of hydrogen-bond donors (Lipinski definition) is 1. The van der Waals surface area contributed by atoms with Crippen LogP contribution in [0.5, 0.6) is 0 Å². The molecule has 0 radical (unpaired) electrons. The molecule has 1 aromatic carbocycles. The van der Waals surface area contributed by atoms with Gasteiger partial charge in [-0.3, -0.25) is 0 Å². The highest BCUT2D eigenvalue weighted by molar-refractivity contribution is 7.09. The van der Waals surface area contributed by atoms with Crippen molar-refractivity contribution in [1.82, 2.24) is 0 Å². The lowest BCUT2D eigenvalue weighted by molar-refractivity contribution is 0.122. The molecule has 0 aliphatic heterocycles. The van der Waals surface area contributed by atoms with E-state index in [2.05, 4.69) is 29.6 Å². The lowest BCUT2D eigenvalue weighted by atomic mass is 9.79. The third-order valence-electron chi connectivity index (χ3n) is 4.40. The van der Waals surface area contributed by atoms with Crippen molar-refractivity contribution >= 4 is 11.3 Å². The van der Waals surface area contributed by atoms with Crippen molar-refractivity contribution in [1.29, 1.82) is 5.26 Å². The molecule has 3 heteroatoms. The average Bonchev–Trinajstić information content (AvgIpc) is 3.01. The van der Waals surface area contributed by atoms with Gasteiger partial charge in [0, 0.05) is 11.3 Å². The summed E-state index contributed by atoms with van der Waals surface area (Å²) in [7, 11) is 0. The first kappa shape index (κ1) is 14.3. The zero-order valence-electron chi connectivity index (χ0n) is 12.0. The Morgan fingerprint density at radius 2 is 1.95 bits per heavy atom. The van der Waals surface area contributed by atoms with Crippen LogP contribution in [0.1, 0.15) is 53.2 Å². The molecule has 2 nitrogen and oxygen atoms in total. The summed E-state index contributed by atoms with van der Waals surface area (Å²) in [4.78, 5) is 1.30. The van der Waals surface area contributed by atoms with Gasteiger partial charge in [0.15, 0.2) is 0 Å². The SMILES string of the molecule is N#Cc1cccc(C2CCC(O)CC2)c1Cc1cccs1. The average molecular weight is 297 g/mol. The first-order chi connectivity index (χ1) is 10.3. The second kappa shape index (κ2) is 6.43. The van der Waals surface area contributed by atoms with E-state index < -0.39 is 0 Å². The fourth-order valence-corrected chi connectivity index (χ4v) is 3.98. The molecule has 0 atom stereocenters. The predicted octanol–water partition coefficient (Wildman–Crippen LogP) is 4.23. The highest BCUT2D eigenvalue weighted by Crippen LogP contribution is 2.36. The van der Waals surface area contributed by atoms with Gasteiger partial charge in [0.1, 0.15) is 0 Å². The van der Waals surface area contributed by atoms with Gasteiger partial charge in [0.05, 0.1) is 17.7 Å². The van der Waals surface area contributed by atoms with Gasteiger partial charge in [-0.25, -0.2) is 0 Å². The van der Waals surface area contributed by atoms with Gasteiger partial charge in [-0.15, -0.1) is 11.3 Å². The van der Waals surface area contributed by atoms with Crippen molar-refractivity contribution in [3.63, 3.8) is 0 Å². The van der Waals surface area contributed by atoms with Gasteiger partial charge >= 0.3 is 0 Å². The smallest absolute Gasteiger partial charge is 0.0994 e. The number of rotatable bonds is 3. The van der Waals surface area contributed by atoms with Crippen molar-refractivity contribution in [2.24, 2.45) is 0 Å². The summed E-state index contributed by atoms with van der Waals surface area (Å²) in [6.07, 6.45) is 4.50. The Hall–Kier alpha value is -1.63. The maximum Gasteiger partial charge on any atom is 0.0994 e. The quantitative estimate of drug-likeness (QED) is 0.921. The van der Waals surface area contributed by atoms with Crippen LogP contribution in [0.3, 0.4) is 0 Å². The molecule has 1 N–H and O–H groups in total. The third-order valence-corrected chi connectivity index (χ3v) is 5.28. The molecule has 0 spiro atoms. The maximum absolute atomic E-state index is 9.70. The lowest BCUT2D eigenvalue weighted by Crippen LogP contribution is -2.18. The molecule has 0 saturated heterocycles. The Morgan fingerprint density at radius 1 is 1.14 bits per heavy atom. The number of nitriles is 1. The molecule has 1 aromatic heterocycles. The molecule has 0 unspecified atom stereocenters. The molecule has 1 fully saturated rings. The van der Waals surface area contributed by atoms with E-state index in [-0.39, 0.29) is 6.10 Å². The van der Waals surface area contributed by atoms with Gasteiger partial charge in [0.2, 0.25) is 0 Å². The minimum atomic E-state index is -0.138. The van der Waals surface area contributed by atoms with E-state index in [4.69, 9.17) is 0 Å². The van der Waals surface area contributed by atoms with Gasteiger partial charge in [-0.2, -0.15) is 5.26 Å². The molecule has 1 heterocycles. The normalized spacial score (nSPS) is 21.9. The second-order valence-corrected chi connectivity index (χ2v) is 6.78. The third kappa shape index (κ3) is 3.18. The van der Waals surface area contributed by atoms with E-state index in [1.165, 1.54) is 16.0 Å². The van der Waals surface area contributed by atoms with Crippen LogP contribution in [0.15, 0.2) is 35.7 Å². The van der Waals surface area contributed by atoms with Crippen LogP contribution in [-0.2, 0) is 6.42 Å². The summed E-state index contributed by atoms with van der Waals surface area (Å²) in [5.41, 5.74) is 3.30. The van der Waals surface area contributed by atoms with Crippen LogP contribution >= 0.6 is 11.3 Å². The van der Waals surface area contributed by atoms with Crippen LogP contribution < -0.4 is 0 Å². The Kier molecular flexibility index (Phi) is 4.38. The molecular formula is C18H19NOS. The predicted molar refractivity (Wildman–Crippen MR) is 85.5 cm³/mol. The van der Waals surface area contributed by atoms with Gasteiger partial charge in [-0.05, 0) is 60.2 Å². The summed E-state index contributed by atoms with van der Waals surface area (Å²) in [5.74, 6) is 0.483. The molecule has 1 aliphatic carbocycles. The van der Waals surface area contributed by atoms with Crippen LogP contribution in [0.4, 0.5) is 0 Å². The number of aliphatic hydroxyl groups excluding tert-OH is 1.